The van der Waals surface area contributed by atoms with Crippen molar-refractivity contribution < 1.29 is 4.79 Å². The van der Waals surface area contributed by atoms with Gasteiger partial charge in [0.25, 0.3) is 0 Å². The third kappa shape index (κ3) is 4.71. The normalized spacial score (nSPS) is 23.8. The maximum atomic E-state index is 12.4. The Bertz CT molecular complexity index is 521. The highest BCUT2D eigenvalue weighted by Gasteiger charge is 2.32. The van der Waals surface area contributed by atoms with Crippen LogP contribution < -0.4 is 10.6 Å². The molecular weight excluding hydrogens is 322 g/mol. The van der Waals surface area contributed by atoms with Crippen molar-refractivity contribution in [3.63, 3.8) is 0 Å². The van der Waals surface area contributed by atoms with Crippen LogP contribution in [-0.4, -0.2) is 43.0 Å². The summed E-state index contributed by atoms with van der Waals surface area (Å²) in [5.74, 6) is 1.43. The molecule has 2 N–H and O–H groups in total. The van der Waals surface area contributed by atoms with Gasteiger partial charge in [-0.3, -0.25) is 9.69 Å². The SMILES string of the molecule is CC(NC(=O)C(C)C1CNC1)C1CCN(Cc2ccccc2)C1.Cl. The number of nitrogens with zero attached hydrogens (tertiary/aromatic N) is 1. The van der Waals surface area contributed by atoms with Gasteiger partial charge in [0.1, 0.15) is 0 Å². The smallest absolute Gasteiger partial charge is 0.223 e. The van der Waals surface area contributed by atoms with Gasteiger partial charge in [-0.05, 0) is 50.4 Å². The Labute approximate surface area is 151 Å². The van der Waals surface area contributed by atoms with Crippen molar-refractivity contribution in [1.29, 1.82) is 0 Å². The first-order valence-electron chi connectivity index (χ1n) is 8.91. The number of benzene rings is 1. The lowest BCUT2D eigenvalue weighted by atomic mass is 9.88. The van der Waals surface area contributed by atoms with Crippen LogP contribution >= 0.6 is 12.4 Å². The Morgan fingerprint density at radius 3 is 2.58 bits per heavy atom. The van der Waals surface area contributed by atoms with Crippen molar-refractivity contribution in [2.24, 2.45) is 17.8 Å². The van der Waals surface area contributed by atoms with Crippen molar-refractivity contribution >= 4 is 18.3 Å². The van der Waals surface area contributed by atoms with Gasteiger partial charge in [-0.15, -0.1) is 12.4 Å². The molecule has 2 fully saturated rings. The minimum atomic E-state index is 0. The highest BCUT2D eigenvalue weighted by Crippen LogP contribution is 2.23. The number of likely N-dealkylation sites (tertiary alicyclic amines) is 1. The number of hydrogen-bond donors (Lipinski definition) is 2. The van der Waals surface area contributed by atoms with E-state index in [4.69, 9.17) is 0 Å². The molecule has 24 heavy (non-hydrogen) atoms. The van der Waals surface area contributed by atoms with E-state index in [1.807, 2.05) is 0 Å². The molecule has 0 radical (unpaired) electrons. The summed E-state index contributed by atoms with van der Waals surface area (Å²) >= 11 is 0. The third-order valence-electron chi connectivity index (χ3n) is 5.57. The molecule has 0 bridgehead atoms. The molecule has 0 aromatic heterocycles. The summed E-state index contributed by atoms with van der Waals surface area (Å²) in [4.78, 5) is 14.9. The van der Waals surface area contributed by atoms with Crippen molar-refractivity contribution in [1.82, 2.24) is 15.5 Å². The molecule has 2 saturated heterocycles. The second-order valence-electron chi connectivity index (χ2n) is 7.27. The van der Waals surface area contributed by atoms with E-state index in [1.165, 1.54) is 12.0 Å². The van der Waals surface area contributed by atoms with Crippen molar-refractivity contribution in [3.05, 3.63) is 35.9 Å². The Kier molecular flexibility index (Phi) is 7.08. The molecular formula is C19H30ClN3O. The molecule has 1 aromatic rings. The minimum Gasteiger partial charge on any atom is -0.353 e. The molecule has 3 atom stereocenters. The first-order chi connectivity index (χ1) is 11.1. The number of rotatable bonds is 6. The lowest BCUT2D eigenvalue weighted by Gasteiger charge is -2.33. The van der Waals surface area contributed by atoms with Gasteiger partial charge >= 0.3 is 0 Å². The maximum Gasteiger partial charge on any atom is 0.223 e. The number of carbonyl (C=O) groups excluding carboxylic acids is 1. The van der Waals surface area contributed by atoms with E-state index < -0.39 is 0 Å². The molecule has 1 amide bonds. The van der Waals surface area contributed by atoms with Crippen molar-refractivity contribution in [2.45, 2.75) is 32.9 Å². The molecule has 134 valence electrons. The Balaban J connectivity index is 0.00000208. The quantitative estimate of drug-likeness (QED) is 0.826. The number of amides is 1. The molecule has 4 nitrogen and oxygen atoms in total. The Hall–Kier alpha value is -1.10. The second kappa shape index (κ2) is 8.84. The fourth-order valence-corrected chi connectivity index (χ4v) is 3.61. The fraction of sp³-hybridized carbons (Fsp3) is 0.632. The van der Waals surface area contributed by atoms with Crippen molar-refractivity contribution in [2.75, 3.05) is 26.2 Å². The lowest BCUT2D eigenvalue weighted by Crippen LogP contribution is -2.51. The zero-order chi connectivity index (χ0) is 16.2. The first kappa shape index (κ1) is 19.2. The van der Waals surface area contributed by atoms with E-state index in [0.29, 0.717) is 11.8 Å². The molecule has 0 saturated carbocycles. The summed E-state index contributed by atoms with van der Waals surface area (Å²) in [7, 11) is 0. The van der Waals surface area contributed by atoms with Crippen LogP contribution in [0.25, 0.3) is 0 Å². The van der Waals surface area contributed by atoms with E-state index in [9.17, 15) is 4.79 Å². The topological polar surface area (TPSA) is 44.4 Å². The molecule has 1 aromatic carbocycles. The van der Waals surface area contributed by atoms with Gasteiger partial charge in [-0.1, -0.05) is 37.3 Å². The highest BCUT2D eigenvalue weighted by molar-refractivity contribution is 5.85. The molecule has 3 unspecified atom stereocenters. The third-order valence-corrected chi connectivity index (χ3v) is 5.57. The fourth-order valence-electron chi connectivity index (χ4n) is 3.61. The van der Waals surface area contributed by atoms with Crippen LogP contribution in [-0.2, 0) is 11.3 Å². The zero-order valence-corrected chi connectivity index (χ0v) is 15.5. The Morgan fingerprint density at radius 2 is 1.96 bits per heavy atom. The summed E-state index contributed by atoms with van der Waals surface area (Å²) in [5.41, 5.74) is 1.37. The molecule has 3 rings (SSSR count). The average Bonchev–Trinajstić information content (AvgIpc) is 2.95. The number of halogens is 1. The number of nitrogens with one attached hydrogen (secondary N) is 2. The van der Waals surface area contributed by atoms with Crippen LogP contribution in [0.15, 0.2) is 30.3 Å². The highest BCUT2D eigenvalue weighted by atomic mass is 35.5. The molecule has 0 spiro atoms. The van der Waals surface area contributed by atoms with Crippen LogP contribution in [0.5, 0.6) is 0 Å². The standard InChI is InChI=1S/C19H29N3O.ClH/c1-14(18-10-20-11-18)19(23)21-15(2)17-8-9-22(13-17)12-16-6-4-3-5-7-16;/h3-7,14-15,17-18,20H,8-13H2,1-2H3,(H,21,23);1H. The van der Waals surface area contributed by atoms with Crippen LogP contribution in [0.1, 0.15) is 25.8 Å². The van der Waals surface area contributed by atoms with Gasteiger partial charge in [0, 0.05) is 25.0 Å². The maximum absolute atomic E-state index is 12.4. The van der Waals surface area contributed by atoms with Crippen LogP contribution in [0.3, 0.4) is 0 Å². The van der Waals surface area contributed by atoms with Crippen LogP contribution in [0, 0.1) is 17.8 Å². The van der Waals surface area contributed by atoms with Gasteiger partial charge in [0.15, 0.2) is 0 Å². The minimum absolute atomic E-state index is 0. The summed E-state index contributed by atoms with van der Waals surface area (Å²) in [5, 5.41) is 6.51. The largest absolute Gasteiger partial charge is 0.353 e. The van der Waals surface area contributed by atoms with Crippen molar-refractivity contribution in [3.8, 4) is 0 Å². The summed E-state index contributed by atoms with van der Waals surface area (Å²) in [6, 6.07) is 10.9. The second-order valence-corrected chi connectivity index (χ2v) is 7.27. The predicted molar refractivity (Wildman–Crippen MR) is 100 cm³/mol. The first-order valence-corrected chi connectivity index (χ1v) is 8.91. The van der Waals surface area contributed by atoms with Crippen LogP contribution in [0.4, 0.5) is 0 Å². The lowest BCUT2D eigenvalue weighted by molar-refractivity contribution is -0.127. The summed E-state index contributed by atoms with van der Waals surface area (Å²) < 4.78 is 0. The molecule has 2 heterocycles. The van der Waals surface area contributed by atoms with Gasteiger partial charge in [0.2, 0.25) is 5.91 Å². The van der Waals surface area contributed by atoms with E-state index >= 15 is 0 Å². The average molecular weight is 352 g/mol. The predicted octanol–water partition coefficient (Wildman–Crippen LogP) is 2.29. The van der Waals surface area contributed by atoms with E-state index in [2.05, 4.69) is 59.7 Å². The summed E-state index contributed by atoms with van der Waals surface area (Å²) in [6.45, 7) is 9.42. The molecule has 2 aliphatic rings. The van der Waals surface area contributed by atoms with E-state index in [-0.39, 0.29) is 30.3 Å². The zero-order valence-electron chi connectivity index (χ0n) is 14.7. The van der Waals surface area contributed by atoms with Gasteiger partial charge < -0.3 is 10.6 Å². The monoisotopic (exact) mass is 351 g/mol. The van der Waals surface area contributed by atoms with E-state index in [1.54, 1.807) is 0 Å². The van der Waals surface area contributed by atoms with Gasteiger partial charge in [-0.25, -0.2) is 0 Å². The van der Waals surface area contributed by atoms with Gasteiger partial charge in [0.05, 0.1) is 0 Å². The number of hydrogen-bond acceptors (Lipinski definition) is 3. The molecule has 0 aliphatic carbocycles. The van der Waals surface area contributed by atoms with E-state index in [0.717, 1.165) is 32.7 Å². The molecule has 2 aliphatic heterocycles. The van der Waals surface area contributed by atoms with Gasteiger partial charge in [-0.2, -0.15) is 0 Å². The van der Waals surface area contributed by atoms with Crippen LogP contribution in [0.2, 0.25) is 0 Å². The Morgan fingerprint density at radius 1 is 1.25 bits per heavy atom. The molecule has 5 heteroatoms. The number of carbonyl (C=O) groups is 1. The summed E-state index contributed by atoms with van der Waals surface area (Å²) in [6.07, 6.45) is 1.17.